The molecule has 2 saturated carbocycles. The number of fused-ring (bicyclic) bond motifs is 1. The van der Waals surface area contributed by atoms with Gasteiger partial charge in [0.2, 0.25) is 5.91 Å². The van der Waals surface area contributed by atoms with E-state index in [1.54, 1.807) is 35.2 Å². The molecule has 0 radical (unpaired) electrons. The second-order valence-electron chi connectivity index (χ2n) is 8.43. The van der Waals surface area contributed by atoms with Crippen LogP contribution in [0.4, 0.5) is 5.69 Å². The molecule has 30 heavy (non-hydrogen) atoms. The maximum Gasteiger partial charge on any atom is 0.251 e. The van der Waals surface area contributed by atoms with Crippen LogP contribution >= 0.6 is 11.8 Å². The van der Waals surface area contributed by atoms with Crippen LogP contribution in [0.3, 0.4) is 0 Å². The predicted octanol–water partition coefficient (Wildman–Crippen LogP) is 3.63. The number of hydrogen-bond acceptors (Lipinski definition) is 5. The number of nitrogens with zero attached hydrogens (tertiary/aromatic N) is 3. The molecule has 4 rings (SSSR count). The molecule has 2 aliphatic carbocycles. The van der Waals surface area contributed by atoms with E-state index in [4.69, 9.17) is 0 Å². The summed E-state index contributed by atoms with van der Waals surface area (Å²) in [7, 11) is 1.84. The van der Waals surface area contributed by atoms with Gasteiger partial charge in [-0.15, -0.1) is 10.2 Å². The third kappa shape index (κ3) is 5.22. The van der Waals surface area contributed by atoms with Crippen molar-refractivity contribution in [2.24, 2.45) is 18.9 Å². The van der Waals surface area contributed by atoms with Crippen LogP contribution in [0.1, 0.15) is 55.3 Å². The molecule has 0 saturated heterocycles. The highest BCUT2D eigenvalue weighted by Gasteiger charge is 2.32. The van der Waals surface area contributed by atoms with Crippen LogP contribution in [0.2, 0.25) is 0 Å². The first-order valence-electron chi connectivity index (χ1n) is 10.8. The summed E-state index contributed by atoms with van der Waals surface area (Å²) in [6.07, 6.45) is 10.5. The largest absolute Gasteiger partial charge is 0.349 e. The van der Waals surface area contributed by atoms with E-state index < -0.39 is 0 Å². The highest BCUT2D eigenvalue weighted by atomic mass is 32.2. The van der Waals surface area contributed by atoms with E-state index in [0.717, 1.165) is 24.7 Å². The van der Waals surface area contributed by atoms with Gasteiger partial charge >= 0.3 is 0 Å². The van der Waals surface area contributed by atoms with Gasteiger partial charge in [-0.25, -0.2) is 0 Å². The Hall–Kier alpha value is -2.35. The van der Waals surface area contributed by atoms with Crippen LogP contribution < -0.4 is 10.6 Å². The summed E-state index contributed by atoms with van der Waals surface area (Å²) in [5.41, 5.74) is 1.31. The van der Waals surface area contributed by atoms with E-state index in [9.17, 15) is 9.59 Å². The number of carbonyl (C=O) groups is 2. The van der Waals surface area contributed by atoms with Crippen molar-refractivity contribution in [3.8, 4) is 0 Å². The van der Waals surface area contributed by atoms with E-state index in [-0.39, 0.29) is 23.6 Å². The lowest BCUT2D eigenvalue weighted by atomic mass is 9.69. The molecule has 3 atom stereocenters. The number of thioether (sulfide) groups is 1. The van der Waals surface area contributed by atoms with Gasteiger partial charge in [0.05, 0.1) is 5.75 Å². The standard InChI is InChI=1S/C22H29N5O2S/c1-27-14-23-26-22(27)30-13-20(28)24-18-9-7-16(8-10-18)21(29)25-19-11-6-15-4-2-3-5-17(15)12-19/h7-10,14-15,17,19H,2-6,11-13H2,1H3,(H,24,28)(H,25,29)/t15-,17-,19+/m0/s1. The molecule has 0 aliphatic heterocycles. The van der Waals surface area contributed by atoms with Gasteiger partial charge in [-0.05, 0) is 55.4 Å². The summed E-state index contributed by atoms with van der Waals surface area (Å²) in [6, 6.07) is 7.38. The number of carbonyl (C=O) groups excluding carboxylic acids is 2. The molecule has 7 nitrogen and oxygen atoms in total. The molecule has 0 bridgehead atoms. The molecule has 1 aromatic carbocycles. The van der Waals surface area contributed by atoms with Crippen LogP contribution in [-0.4, -0.2) is 38.4 Å². The SMILES string of the molecule is Cn1cnnc1SCC(=O)Nc1ccc(C(=O)N[C@@H]2CC[C@@H]3CCCC[C@H]3C2)cc1. The predicted molar refractivity (Wildman–Crippen MR) is 117 cm³/mol. The number of amides is 2. The molecule has 0 spiro atoms. The average Bonchev–Trinajstić information content (AvgIpc) is 3.17. The average molecular weight is 428 g/mol. The van der Waals surface area contributed by atoms with Crippen molar-refractivity contribution in [3.63, 3.8) is 0 Å². The Morgan fingerprint density at radius 2 is 1.87 bits per heavy atom. The van der Waals surface area contributed by atoms with Crippen molar-refractivity contribution < 1.29 is 9.59 Å². The van der Waals surface area contributed by atoms with Gasteiger partial charge in [-0.2, -0.15) is 0 Å². The molecule has 0 unspecified atom stereocenters. The first-order valence-corrected chi connectivity index (χ1v) is 11.7. The number of anilines is 1. The monoisotopic (exact) mass is 427 g/mol. The molecule has 8 heteroatoms. The Morgan fingerprint density at radius 1 is 1.10 bits per heavy atom. The Kier molecular flexibility index (Phi) is 6.72. The summed E-state index contributed by atoms with van der Waals surface area (Å²) in [4.78, 5) is 24.8. The molecule has 2 aromatic rings. The molecular weight excluding hydrogens is 398 g/mol. The second-order valence-corrected chi connectivity index (χ2v) is 9.37. The van der Waals surface area contributed by atoms with Crippen LogP contribution in [0, 0.1) is 11.8 Å². The Labute approximate surface area is 181 Å². The number of rotatable bonds is 6. The van der Waals surface area contributed by atoms with Crippen LogP contribution in [0.15, 0.2) is 35.7 Å². The lowest BCUT2D eigenvalue weighted by Gasteiger charge is -2.39. The molecule has 1 heterocycles. The van der Waals surface area contributed by atoms with Crippen molar-refractivity contribution in [1.29, 1.82) is 0 Å². The number of benzene rings is 1. The van der Waals surface area contributed by atoms with E-state index in [1.807, 2.05) is 7.05 Å². The highest BCUT2D eigenvalue weighted by molar-refractivity contribution is 7.99. The van der Waals surface area contributed by atoms with Gasteiger partial charge in [-0.3, -0.25) is 9.59 Å². The van der Waals surface area contributed by atoms with Crippen LogP contribution in [0.5, 0.6) is 0 Å². The Balaban J connectivity index is 1.25. The molecule has 2 amide bonds. The smallest absolute Gasteiger partial charge is 0.251 e. The maximum absolute atomic E-state index is 12.7. The van der Waals surface area contributed by atoms with E-state index >= 15 is 0 Å². The van der Waals surface area contributed by atoms with Crippen molar-refractivity contribution in [2.45, 2.75) is 56.1 Å². The van der Waals surface area contributed by atoms with Crippen LogP contribution in [0.25, 0.3) is 0 Å². The van der Waals surface area contributed by atoms with Gasteiger partial charge < -0.3 is 15.2 Å². The van der Waals surface area contributed by atoms with Gasteiger partial charge in [0.1, 0.15) is 6.33 Å². The van der Waals surface area contributed by atoms with Gasteiger partial charge in [-0.1, -0.05) is 37.4 Å². The summed E-state index contributed by atoms with van der Waals surface area (Å²) in [6.45, 7) is 0. The minimum Gasteiger partial charge on any atom is -0.349 e. The third-order valence-electron chi connectivity index (χ3n) is 6.31. The fourth-order valence-corrected chi connectivity index (χ4v) is 5.40. The topological polar surface area (TPSA) is 88.9 Å². The van der Waals surface area contributed by atoms with E-state index in [1.165, 1.54) is 43.9 Å². The fourth-order valence-electron chi connectivity index (χ4n) is 4.71. The molecule has 160 valence electrons. The normalized spacial score (nSPS) is 23.4. The van der Waals surface area contributed by atoms with Gasteiger partial charge in [0, 0.05) is 24.3 Å². The Morgan fingerprint density at radius 3 is 2.60 bits per heavy atom. The zero-order chi connectivity index (χ0) is 20.9. The van der Waals surface area contributed by atoms with E-state index in [2.05, 4.69) is 20.8 Å². The quantitative estimate of drug-likeness (QED) is 0.687. The number of aromatic nitrogens is 3. The second kappa shape index (κ2) is 9.64. The first kappa shape index (κ1) is 20.9. The number of hydrogen-bond donors (Lipinski definition) is 2. The zero-order valence-electron chi connectivity index (χ0n) is 17.3. The van der Waals surface area contributed by atoms with Crippen molar-refractivity contribution in [2.75, 3.05) is 11.1 Å². The summed E-state index contributed by atoms with van der Waals surface area (Å²) < 4.78 is 1.77. The molecule has 1 aromatic heterocycles. The molecule has 2 N–H and O–H groups in total. The number of aryl methyl sites for hydroxylation is 1. The van der Waals surface area contributed by atoms with Crippen molar-refractivity contribution in [1.82, 2.24) is 20.1 Å². The summed E-state index contributed by atoms with van der Waals surface area (Å²) >= 11 is 1.33. The zero-order valence-corrected chi connectivity index (χ0v) is 18.2. The van der Waals surface area contributed by atoms with E-state index in [0.29, 0.717) is 16.4 Å². The lowest BCUT2D eigenvalue weighted by molar-refractivity contribution is -0.113. The Bertz CT molecular complexity index is 882. The first-order chi connectivity index (χ1) is 14.6. The van der Waals surface area contributed by atoms with Crippen LogP contribution in [-0.2, 0) is 11.8 Å². The fraction of sp³-hybridized carbons (Fsp3) is 0.545. The molecule has 2 aliphatic rings. The minimum atomic E-state index is -0.121. The summed E-state index contributed by atoms with van der Waals surface area (Å²) in [5.74, 6) is 1.77. The molecule has 2 fully saturated rings. The lowest BCUT2D eigenvalue weighted by Crippen LogP contribution is -2.41. The van der Waals surface area contributed by atoms with Gasteiger partial charge in [0.25, 0.3) is 5.91 Å². The third-order valence-corrected chi connectivity index (χ3v) is 7.34. The minimum absolute atomic E-state index is 0.0232. The highest BCUT2D eigenvalue weighted by Crippen LogP contribution is 2.40. The van der Waals surface area contributed by atoms with Gasteiger partial charge in [0.15, 0.2) is 5.16 Å². The van der Waals surface area contributed by atoms with Crippen molar-refractivity contribution >= 4 is 29.3 Å². The van der Waals surface area contributed by atoms with Crippen molar-refractivity contribution in [3.05, 3.63) is 36.2 Å². The molecular formula is C22H29N5O2S. The number of nitrogens with one attached hydrogen (secondary N) is 2. The summed E-state index contributed by atoms with van der Waals surface area (Å²) in [5, 5.41) is 14.5. The maximum atomic E-state index is 12.7.